The highest BCUT2D eigenvalue weighted by molar-refractivity contribution is 5.86. The van der Waals surface area contributed by atoms with Crippen molar-refractivity contribution in [2.75, 3.05) is 48.0 Å². The van der Waals surface area contributed by atoms with Crippen molar-refractivity contribution in [2.24, 2.45) is 5.10 Å². The summed E-state index contributed by atoms with van der Waals surface area (Å²) in [6.07, 6.45) is 8.08. The zero-order valence-electron chi connectivity index (χ0n) is 19.3. The van der Waals surface area contributed by atoms with Gasteiger partial charge in [-0.2, -0.15) is 20.1 Å². The molecule has 2 N–H and O–H groups in total. The van der Waals surface area contributed by atoms with Crippen LogP contribution in [0, 0.1) is 10.1 Å². The van der Waals surface area contributed by atoms with E-state index >= 15 is 0 Å². The van der Waals surface area contributed by atoms with Gasteiger partial charge in [0.25, 0.3) is 5.69 Å². The van der Waals surface area contributed by atoms with Crippen LogP contribution in [0.5, 0.6) is 11.5 Å². The van der Waals surface area contributed by atoms with E-state index in [1.165, 1.54) is 31.2 Å². The van der Waals surface area contributed by atoms with Gasteiger partial charge in [-0.25, -0.2) is 5.43 Å². The van der Waals surface area contributed by atoms with Gasteiger partial charge in [0.2, 0.25) is 17.8 Å². The number of aromatic nitrogens is 3. The summed E-state index contributed by atoms with van der Waals surface area (Å²) in [5.41, 5.74) is 2.75. The minimum atomic E-state index is -0.547. The van der Waals surface area contributed by atoms with Gasteiger partial charge in [-0.05, 0) is 45.4 Å². The fourth-order valence-corrected chi connectivity index (χ4v) is 4.12. The number of non-ortho nitro benzene ring substituents is 1. The SMILES string of the molecule is CCOc1cc([N+](=O)[O-])cc(C=NNc2nc(N3CCCCC3)nc(N3CCCCC3)n2)c1O. The second-order valence-electron chi connectivity index (χ2n) is 8.30. The first-order chi connectivity index (χ1) is 16.5. The number of nitro benzene ring substituents is 1. The lowest BCUT2D eigenvalue weighted by Crippen LogP contribution is -2.34. The molecule has 12 nitrogen and oxygen atoms in total. The van der Waals surface area contributed by atoms with E-state index in [-0.39, 0.29) is 35.3 Å². The number of benzene rings is 1. The van der Waals surface area contributed by atoms with Crippen LogP contribution in [0.1, 0.15) is 51.0 Å². The highest BCUT2D eigenvalue weighted by Gasteiger charge is 2.20. The Kier molecular flexibility index (Phi) is 7.55. The summed E-state index contributed by atoms with van der Waals surface area (Å²) in [7, 11) is 0. The molecule has 0 aliphatic carbocycles. The average Bonchev–Trinajstić information content (AvgIpc) is 2.87. The number of nitrogens with zero attached hydrogens (tertiary/aromatic N) is 7. The van der Waals surface area contributed by atoms with Gasteiger partial charge >= 0.3 is 0 Å². The molecule has 12 heteroatoms. The van der Waals surface area contributed by atoms with Crippen molar-refractivity contribution in [3.8, 4) is 11.5 Å². The molecular weight excluding hydrogens is 440 g/mol. The summed E-state index contributed by atoms with van der Waals surface area (Å²) in [5.74, 6) is 1.31. The fourth-order valence-electron chi connectivity index (χ4n) is 4.12. The Morgan fingerprint density at radius 1 is 1.06 bits per heavy atom. The van der Waals surface area contributed by atoms with Crippen molar-refractivity contribution in [2.45, 2.75) is 45.4 Å². The Morgan fingerprint density at radius 2 is 1.65 bits per heavy atom. The molecule has 2 aliphatic heterocycles. The van der Waals surface area contributed by atoms with Crippen LogP contribution >= 0.6 is 0 Å². The predicted molar refractivity (Wildman–Crippen MR) is 129 cm³/mol. The fraction of sp³-hybridized carbons (Fsp3) is 0.545. The first-order valence-corrected chi connectivity index (χ1v) is 11.7. The average molecular weight is 471 g/mol. The molecule has 0 saturated carbocycles. The van der Waals surface area contributed by atoms with E-state index in [1.54, 1.807) is 6.92 Å². The first kappa shape index (κ1) is 23.5. The Labute approximate surface area is 197 Å². The number of hydrazone groups is 1. The molecule has 0 radical (unpaired) electrons. The summed E-state index contributed by atoms with van der Waals surface area (Å²) in [5, 5.41) is 25.8. The standard InChI is InChI=1S/C22H30N8O4/c1-2-34-18-14-17(30(32)33)13-16(19(18)31)15-23-27-20-24-21(28-9-5-3-6-10-28)26-22(25-20)29-11-7-4-8-12-29/h13-15,31H,2-12H2,1H3,(H,24,25,26,27). The summed E-state index contributed by atoms with van der Waals surface area (Å²) in [4.78, 5) is 28.9. The third-order valence-corrected chi connectivity index (χ3v) is 5.86. The first-order valence-electron chi connectivity index (χ1n) is 11.7. The normalized spacial score (nSPS) is 16.6. The third-order valence-electron chi connectivity index (χ3n) is 5.86. The van der Waals surface area contributed by atoms with E-state index < -0.39 is 4.92 Å². The Morgan fingerprint density at radius 3 is 2.18 bits per heavy atom. The Hall–Kier alpha value is -3.70. The number of ether oxygens (including phenoxy) is 1. The molecule has 0 spiro atoms. The maximum Gasteiger partial charge on any atom is 0.274 e. The van der Waals surface area contributed by atoms with Crippen molar-refractivity contribution in [3.05, 3.63) is 27.8 Å². The number of hydrogen-bond donors (Lipinski definition) is 2. The van der Waals surface area contributed by atoms with Crippen molar-refractivity contribution in [1.29, 1.82) is 0 Å². The van der Waals surface area contributed by atoms with Gasteiger partial charge in [-0.3, -0.25) is 10.1 Å². The lowest BCUT2D eigenvalue weighted by atomic mass is 10.1. The second-order valence-corrected chi connectivity index (χ2v) is 8.30. The van der Waals surface area contributed by atoms with E-state index in [1.807, 2.05) is 0 Å². The van der Waals surface area contributed by atoms with Crippen LogP contribution in [0.15, 0.2) is 17.2 Å². The van der Waals surface area contributed by atoms with Crippen LogP contribution in [-0.2, 0) is 0 Å². The van der Waals surface area contributed by atoms with Crippen LogP contribution < -0.4 is 20.0 Å². The molecule has 2 aliphatic rings. The van der Waals surface area contributed by atoms with Crippen molar-refractivity contribution < 1.29 is 14.8 Å². The largest absolute Gasteiger partial charge is 0.504 e. The number of nitro groups is 1. The van der Waals surface area contributed by atoms with E-state index in [0.29, 0.717) is 11.9 Å². The molecule has 2 aromatic rings. The Balaban J connectivity index is 1.59. The van der Waals surface area contributed by atoms with E-state index in [9.17, 15) is 15.2 Å². The number of hydrogen-bond acceptors (Lipinski definition) is 11. The molecule has 0 unspecified atom stereocenters. The molecule has 34 heavy (non-hydrogen) atoms. The zero-order valence-corrected chi connectivity index (χ0v) is 19.3. The number of phenols is 1. The molecule has 3 heterocycles. The van der Waals surface area contributed by atoms with Gasteiger partial charge in [0.1, 0.15) is 0 Å². The number of nitrogens with one attached hydrogen (secondary N) is 1. The predicted octanol–water partition coefficient (Wildman–Crippen LogP) is 3.31. The van der Waals surface area contributed by atoms with Crippen LogP contribution in [0.25, 0.3) is 0 Å². The highest BCUT2D eigenvalue weighted by Crippen LogP contribution is 2.34. The van der Waals surface area contributed by atoms with Gasteiger partial charge < -0.3 is 19.6 Å². The van der Waals surface area contributed by atoms with Crippen molar-refractivity contribution in [1.82, 2.24) is 15.0 Å². The monoisotopic (exact) mass is 470 g/mol. The molecule has 4 rings (SSSR count). The van der Waals surface area contributed by atoms with Gasteiger partial charge in [-0.1, -0.05) is 0 Å². The maximum absolute atomic E-state index is 11.3. The highest BCUT2D eigenvalue weighted by atomic mass is 16.6. The molecule has 0 bridgehead atoms. The lowest BCUT2D eigenvalue weighted by Gasteiger charge is -2.30. The van der Waals surface area contributed by atoms with Crippen molar-refractivity contribution in [3.63, 3.8) is 0 Å². The van der Waals surface area contributed by atoms with E-state index in [0.717, 1.165) is 51.9 Å². The van der Waals surface area contributed by atoms with Gasteiger partial charge in [0.05, 0.1) is 23.8 Å². The van der Waals surface area contributed by atoms with Gasteiger partial charge in [0, 0.05) is 37.8 Å². The molecule has 2 fully saturated rings. The minimum absolute atomic E-state index is 0.0260. The van der Waals surface area contributed by atoms with Gasteiger partial charge in [-0.15, -0.1) is 0 Å². The molecule has 0 amide bonds. The number of piperidine rings is 2. The second kappa shape index (κ2) is 10.9. The molecule has 182 valence electrons. The van der Waals surface area contributed by atoms with Crippen molar-refractivity contribution >= 4 is 29.7 Å². The van der Waals surface area contributed by atoms with E-state index in [4.69, 9.17) is 9.72 Å². The van der Waals surface area contributed by atoms with E-state index in [2.05, 4.69) is 30.3 Å². The van der Waals surface area contributed by atoms with Gasteiger partial charge in [0.15, 0.2) is 11.5 Å². The number of phenolic OH excluding ortho intramolecular Hbond substituents is 1. The molecular formula is C22H30N8O4. The molecule has 1 aromatic heterocycles. The number of rotatable bonds is 8. The molecule has 2 saturated heterocycles. The smallest absolute Gasteiger partial charge is 0.274 e. The summed E-state index contributed by atoms with van der Waals surface area (Å²) >= 11 is 0. The zero-order chi connectivity index (χ0) is 23.9. The van der Waals surface area contributed by atoms with Crippen LogP contribution in [0.3, 0.4) is 0 Å². The molecule has 1 aromatic carbocycles. The topological polar surface area (TPSA) is 142 Å². The number of anilines is 3. The third kappa shape index (κ3) is 5.61. The van der Waals surface area contributed by atoms with Crippen LogP contribution in [0.4, 0.5) is 23.5 Å². The molecule has 0 atom stereocenters. The van der Waals surface area contributed by atoms with Crippen LogP contribution in [0.2, 0.25) is 0 Å². The minimum Gasteiger partial charge on any atom is -0.504 e. The van der Waals surface area contributed by atoms with Crippen LogP contribution in [-0.4, -0.2) is 64.0 Å². The quantitative estimate of drug-likeness (QED) is 0.335. The lowest BCUT2D eigenvalue weighted by molar-refractivity contribution is -0.385. The summed E-state index contributed by atoms with van der Waals surface area (Å²) < 4.78 is 5.32. The maximum atomic E-state index is 11.3. The summed E-state index contributed by atoms with van der Waals surface area (Å²) in [6.45, 7) is 5.57. The number of aromatic hydroxyl groups is 1. The summed E-state index contributed by atoms with van der Waals surface area (Å²) in [6, 6.07) is 2.42. The Bertz CT molecular complexity index is 1000.